The number of methoxy groups -OCH3 is 4. The van der Waals surface area contributed by atoms with Crippen LogP contribution in [0.2, 0.25) is 0 Å². The number of nitro benzene ring substituents is 1. The van der Waals surface area contributed by atoms with Gasteiger partial charge in [0.15, 0.2) is 17.2 Å². The van der Waals surface area contributed by atoms with Gasteiger partial charge in [0.2, 0.25) is 5.75 Å². The maximum atomic E-state index is 12.4. The second-order valence-corrected chi connectivity index (χ2v) is 7.06. The van der Waals surface area contributed by atoms with Gasteiger partial charge < -0.3 is 18.9 Å². The van der Waals surface area contributed by atoms with Gasteiger partial charge in [-0.3, -0.25) is 10.1 Å². The topological polar surface area (TPSA) is 139 Å². The zero-order valence-electron chi connectivity index (χ0n) is 16.0. The van der Waals surface area contributed by atoms with Gasteiger partial charge in [-0.1, -0.05) is 0 Å². The number of benzene rings is 2. The highest BCUT2D eigenvalue weighted by molar-refractivity contribution is 7.89. The summed E-state index contributed by atoms with van der Waals surface area (Å²) >= 11 is 0. The van der Waals surface area contributed by atoms with Crippen LogP contribution in [0.5, 0.6) is 23.0 Å². The van der Waals surface area contributed by atoms with Crippen molar-refractivity contribution in [1.82, 2.24) is 4.83 Å². The molecule has 0 unspecified atom stereocenters. The molecular formula is C17H19N3O8S. The minimum absolute atomic E-state index is 0.0550. The minimum atomic E-state index is -4.02. The third-order valence-electron chi connectivity index (χ3n) is 3.73. The van der Waals surface area contributed by atoms with Gasteiger partial charge in [0, 0.05) is 17.7 Å². The molecule has 2 rings (SSSR count). The highest BCUT2D eigenvalue weighted by Crippen LogP contribution is 2.37. The van der Waals surface area contributed by atoms with Crippen LogP contribution in [0.3, 0.4) is 0 Å². The van der Waals surface area contributed by atoms with E-state index in [0.717, 1.165) is 6.21 Å². The molecule has 1 N–H and O–H groups in total. The molecule has 156 valence electrons. The molecule has 0 aliphatic rings. The molecule has 0 saturated heterocycles. The summed E-state index contributed by atoms with van der Waals surface area (Å²) in [6.45, 7) is 0. The molecule has 0 bridgehead atoms. The molecule has 29 heavy (non-hydrogen) atoms. The van der Waals surface area contributed by atoms with E-state index >= 15 is 0 Å². The van der Waals surface area contributed by atoms with Crippen molar-refractivity contribution in [3.63, 3.8) is 0 Å². The van der Waals surface area contributed by atoms with E-state index < -0.39 is 14.9 Å². The van der Waals surface area contributed by atoms with Crippen LogP contribution >= 0.6 is 0 Å². The van der Waals surface area contributed by atoms with Gasteiger partial charge in [-0.15, -0.1) is 0 Å². The van der Waals surface area contributed by atoms with Crippen molar-refractivity contribution in [1.29, 1.82) is 0 Å². The molecule has 0 saturated carbocycles. The quantitative estimate of drug-likeness (QED) is 0.365. The predicted octanol–water partition coefficient (Wildman–Crippen LogP) is 1.94. The van der Waals surface area contributed by atoms with Crippen molar-refractivity contribution < 1.29 is 32.3 Å². The maximum absolute atomic E-state index is 12.4. The molecular weight excluding hydrogens is 406 g/mol. The Labute approximate surface area is 167 Å². The van der Waals surface area contributed by atoms with Crippen molar-refractivity contribution >= 4 is 21.9 Å². The Kier molecular flexibility index (Phi) is 6.83. The second-order valence-electron chi connectivity index (χ2n) is 5.40. The summed E-state index contributed by atoms with van der Waals surface area (Å²) in [6.07, 6.45) is 1.10. The summed E-state index contributed by atoms with van der Waals surface area (Å²) in [5.74, 6) is 0.647. The van der Waals surface area contributed by atoms with Crippen LogP contribution in [-0.2, 0) is 10.0 Å². The van der Waals surface area contributed by atoms with E-state index in [2.05, 4.69) is 5.10 Å². The van der Waals surface area contributed by atoms with E-state index in [9.17, 15) is 18.5 Å². The van der Waals surface area contributed by atoms with Crippen LogP contribution in [0.1, 0.15) is 5.56 Å². The minimum Gasteiger partial charge on any atom is -0.493 e. The molecule has 12 heteroatoms. The van der Waals surface area contributed by atoms with Gasteiger partial charge in [-0.2, -0.15) is 13.5 Å². The lowest BCUT2D eigenvalue weighted by atomic mass is 10.2. The largest absolute Gasteiger partial charge is 0.493 e. The van der Waals surface area contributed by atoms with Gasteiger partial charge in [-0.25, -0.2) is 4.83 Å². The molecule has 2 aromatic carbocycles. The summed E-state index contributed by atoms with van der Waals surface area (Å²) in [5, 5.41) is 14.9. The van der Waals surface area contributed by atoms with Gasteiger partial charge in [-0.05, 0) is 18.2 Å². The van der Waals surface area contributed by atoms with Crippen molar-refractivity contribution in [2.24, 2.45) is 5.10 Å². The van der Waals surface area contributed by atoms with E-state index in [1.54, 1.807) is 0 Å². The first-order chi connectivity index (χ1) is 13.8. The Morgan fingerprint density at radius 2 is 1.62 bits per heavy atom. The smallest absolute Gasteiger partial charge is 0.315 e. The van der Waals surface area contributed by atoms with Gasteiger partial charge in [0.05, 0.1) is 44.5 Å². The molecule has 11 nitrogen and oxygen atoms in total. The second kappa shape index (κ2) is 9.10. The number of rotatable bonds is 9. The summed E-state index contributed by atoms with van der Waals surface area (Å²) in [5.41, 5.74) is -0.125. The Bertz CT molecular complexity index is 1040. The molecule has 0 fully saturated rings. The average Bonchev–Trinajstić information content (AvgIpc) is 2.72. The van der Waals surface area contributed by atoms with Crippen molar-refractivity contribution in [3.05, 3.63) is 46.0 Å². The molecule has 0 aliphatic carbocycles. The van der Waals surface area contributed by atoms with E-state index in [1.807, 2.05) is 4.83 Å². The molecule has 0 radical (unpaired) electrons. The van der Waals surface area contributed by atoms with E-state index in [4.69, 9.17) is 18.9 Å². The summed E-state index contributed by atoms with van der Waals surface area (Å²) in [6, 6.07) is 6.63. The first-order valence-corrected chi connectivity index (χ1v) is 9.43. The highest BCUT2D eigenvalue weighted by Gasteiger charge is 2.21. The SMILES string of the molecule is COc1ccc(S(=O)(=O)N/N=C/c2cc(OC)c(OC)c([N+](=O)[O-])c2)cc1OC. The fourth-order valence-electron chi connectivity index (χ4n) is 2.38. The number of sulfonamides is 1. The zero-order chi connectivity index (χ0) is 21.6. The molecule has 0 amide bonds. The fourth-order valence-corrected chi connectivity index (χ4v) is 3.19. The molecule has 0 heterocycles. The fraction of sp³-hybridized carbons (Fsp3) is 0.235. The number of nitro groups is 1. The van der Waals surface area contributed by atoms with Crippen LogP contribution in [0.4, 0.5) is 5.69 Å². The zero-order valence-corrected chi connectivity index (χ0v) is 16.8. The van der Waals surface area contributed by atoms with Gasteiger partial charge >= 0.3 is 5.69 Å². The molecule has 0 spiro atoms. The molecule has 2 aromatic rings. The Morgan fingerprint density at radius 1 is 0.966 bits per heavy atom. The summed E-state index contributed by atoms with van der Waals surface area (Å²) < 4.78 is 45.1. The van der Waals surface area contributed by atoms with Crippen LogP contribution in [0, 0.1) is 10.1 Å². The average molecular weight is 425 g/mol. The van der Waals surface area contributed by atoms with Crippen LogP contribution in [0.15, 0.2) is 40.3 Å². The summed E-state index contributed by atoms with van der Waals surface area (Å²) in [7, 11) is 1.39. The first-order valence-electron chi connectivity index (χ1n) is 7.94. The van der Waals surface area contributed by atoms with Gasteiger partial charge in [0.1, 0.15) is 0 Å². The highest BCUT2D eigenvalue weighted by atomic mass is 32.2. The number of hydrogen-bond acceptors (Lipinski definition) is 9. The van der Waals surface area contributed by atoms with Gasteiger partial charge in [0.25, 0.3) is 10.0 Å². The predicted molar refractivity (Wildman–Crippen MR) is 104 cm³/mol. The van der Waals surface area contributed by atoms with Crippen molar-refractivity contribution in [3.8, 4) is 23.0 Å². The van der Waals surface area contributed by atoms with Crippen LogP contribution in [-0.4, -0.2) is 48.0 Å². The molecule has 0 atom stereocenters. The number of nitrogens with zero attached hydrogens (tertiary/aromatic N) is 2. The number of nitrogens with one attached hydrogen (secondary N) is 1. The monoisotopic (exact) mass is 425 g/mol. The standard InChI is InChI=1S/C17H19N3O8S/c1-25-14-6-5-12(9-15(14)26-2)29(23,24)19-18-10-11-7-13(20(21)22)17(28-4)16(8-11)27-3/h5-10,19H,1-4H3/b18-10+. The Hall–Kier alpha value is -3.54. The lowest BCUT2D eigenvalue weighted by Crippen LogP contribution is -2.18. The Morgan fingerprint density at radius 3 is 2.17 bits per heavy atom. The van der Waals surface area contributed by atoms with E-state index in [-0.39, 0.29) is 33.4 Å². The lowest BCUT2D eigenvalue weighted by molar-refractivity contribution is -0.385. The van der Waals surface area contributed by atoms with Crippen molar-refractivity contribution in [2.45, 2.75) is 4.90 Å². The number of hydrogen-bond donors (Lipinski definition) is 1. The lowest BCUT2D eigenvalue weighted by Gasteiger charge is -2.10. The first kappa shape index (κ1) is 21.8. The molecule has 0 aromatic heterocycles. The van der Waals surface area contributed by atoms with E-state index in [0.29, 0.717) is 5.75 Å². The van der Waals surface area contributed by atoms with E-state index in [1.165, 1.54) is 58.8 Å². The maximum Gasteiger partial charge on any atom is 0.315 e. The summed E-state index contributed by atoms with van der Waals surface area (Å²) in [4.78, 5) is 12.5. The number of hydrazone groups is 1. The normalized spacial score (nSPS) is 11.2. The third kappa shape index (κ3) is 4.85. The molecule has 0 aliphatic heterocycles. The number of ether oxygens (including phenoxy) is 4. The Balaban J connectivity index is 2.31. The van der Waals surface area contributed by atoms with Crippen LogP contribution < -0.4 is 23.8 Å². The third-order valence-corrected chi connectivity index (χ3v) is 4.95. The van der Waals surface area contributed by atoms with Crippen molar-refractivity contribution in [2.75, 3.05) is 28.4 Å². The van der Waals surface area contributed by atoms with Crippen LogP contribution in [0.25, 0.3) is 0 Å².